The Labute approximate surface area is 129 Å². The van der Waals surface area contributed by atoms with E-state index in [1.807, 2.05) is 18.2 Å². The van der Waals surface area contributed by atoms with Crippen molar-refractivity contribution in [3.63, 3.8) is 0 Å². The van der Waals surface area contributed by atoms with Crippen LogP contribution in [-0.2, 0) is 22.6 Å². The van der Waals surface area contributed by atoms with Gasteiger partial charge >= 0.3 is 5.97 Å². The van der Waals surface area contributed by atoms with Crippen molar-refractivity contribution in [2.45, 2.75) is 13.1 Å². The van der Waals surface area contributed by atoms with Crippen LogP contribution in [-0.4, -0.2) is 27.8 Å². The highest BCUT2D eigenvalue weighted by Crippen LogP contribution is 2.16. The second-order valence-electron chi connectivity index (χ2n) is 4.09. The zero-order valence-corrected chi connectivity index (χ0v) is 12.8. The third-order valence-corrected chi connectivity index (χ3v) is 3.44. The topological polar surface area (TPSA) is 86.1 Å². The number of hydrogen-bond donors (Lipinski definition) is 1. The van der Waals surface area contributed by atoms with Gasteiger partial charge in [0.2, 0.25) is 0 Å². The molecule has 8 heteroatoms. The maximum absolute atomic E-state index is 12.0. The summed E-state index contributed by atoms with van der Waals surface area (Å²) in [6.07, 6.45) is 3.16. The molecule has 0 aromatic carbocycles. The number of nitrogens with zero attached hydrogens (tertiary/aromatic N) is 3. The van der Waals surface area contributed by atoms with Crippen molar-refractivity contribution in [3.8, 4) is 0 Å². The molecule has 2 heterocycles. The minimum absolute atomic E-state index is 0.228. The molecular weight excluding hydrogens is 340 g/mol. The Morgan fingerprint density at radius 2 is 2.29 bits per heavy atom. The number of carbonyl (C=O) groups is 1. The van der Waals surface area contributed by atoms with E-state index in [1.165, 1.54) is 13.3 Å². The van der Waals surface area contributed by atoms with Crippen LogP contribution in [0.1, 0.15) is 5.69 Å². The highest BCUT2D eigenvalue weighted by molar-refractivity contribution is 9.10. The molecule has 0 spiro atoms. The maximum atomic E-state index is 12.0. The fraction of sp³-hybridized carbons (Fsp3) is 0.231. The van der Waals surface area contributed by atoms with Gasteiger partial charge in [0, 0.05) is 6.20 Å². The quantitative estimate of drug-likeness (QED) is 0.813. The lowest BCUT2D eigenvalue weighted by Gasteiger charge is -2.09. The molecule has 2 aromatic rings. The number of hydrogen-bond acceptors (Lipinski definition) is 6. The molecule has 0 unspecified atom stereocenters. The molecule has 1 N–H and O–H groups in total. The second-order valence-corrected chi connectivity index (χ2v) is 4.88. The average molecular weight is 353 g/mol. The van der Waals surface area contributed by atoms with Gasteiger partial charge in [0.15, 0.2) is 0 Å². The zero-order chi connectivity index (χ0) is 15.2. The minimum atomic E-state index is -0.536. The molecule has 0 bridgehead atoms. The Morgan fingerprint density at radius 1 is 1.48 bits per heavy atom. The van der Waals surface area contributed by atoms with Crippen molar-refractivity contribution in [2.24, 2.45) is 0 Å². The first-order valence-electron chi connectivity index (χ1n) is 6.08. The summed E-state index contributed by atoms with van der Waals surface area (Å²) in [4.78, 5) is 27.4. The molecule has 21 heavy (non-hydrogen) atoms. The highest BCUT2D eigenvalue weighted by Gasteiger charge is 2.11. The Morgan fingerprint density at radius 3 is 2.95 bits per heavy atom. The number of aromatic nitrogens is 3. The molecule has 2 rings (SSSR count). The number of rotatable bonds is 5. The number of carbonyl (C=O) groups excluding carboxylic acids is 1. The van der Waals surface area contributed by atoms with Crippen LogP contribution in [0.5, 0.6) is 0 Å². The van der Waals surface area contributed by atoms with Gasteiger partial charge in [-0.1, -0.05) is 6.07 Å². The monoisotopic (exact) mass is 352 g/mol. The predicted octanol–water partition coefficient (Wildman–Crippen LogP) is 1.19. The van der Waals surface area contributed by atoms with Gasteiger partial charge in [-0.25, -0.2) is 4.68 Å². The lowest BCUT2D eigenvalue weighted by atomic mass is 10.3. The van der Waals surface area contributed by atoms with E-state index in [9.17, 15) is 9.59 Å². The van der Waals surface area contributed by atoms with E-state index >= 15 is 0 Å². The molecule has 0 aliphatic heterocycles. The molecule has 2 aromatic heterocycles. The van der Waals surface area contributed by atoms with E-state index in [0.29, 0.717) is 16.7 Å². The van der Waals surface area contributed by atoms with Crippen molar-refractivity contribution in [2.75, 3.05) is 12.4 Å². The fourth-order valence-electron chi connectivity index (χ4n) is 1.58. The van der Waals surface area contributed by atoms with Gasteiger partial charge in [0.1, 0.15) is 11.0 Å². The van der Waals surface area contributed by atoms with Gasteiger partial charge in [-0.15, -0.1) is 0 Å². The lowest BCUT2D eigenvalue weighted by molar-refractivity contribution is -0.141. The number of methoxy groups -OCH3 is 1. The Hall–Kier alpha value is -2.22. The van der Waals surface area contributed by atoms with Crippen LogP contribution in [0.15, 0.2) is 39.9 Å². The predicted molar refractivity (Wildman–Crippen MR) is 79.8 cm³/mol. The summed E-state index contributed by atoms with van der Waals surface area (Å²) in [5, 5.41) is 6.99. The van der Waals surface area contributed by atoms with E-state index in [-0.39, 0.29) is 6.54 Å². The Balaban J connectivity index is 2.13. The average Bonchev–Trinajstić information content (AvgIpc) is 2.52. The molecule has 7 nitrogen and oxygen atoms in total. The summed E-state index contributed by atoms with van der Waals surface area (Å²) in [5.74, 6) is -0.536. The SMILES string of the molecule is COC(=O)Cn1ncc(NCc2ccccn2)c(Br)c1=O. The number of anilines is 1. The van der Waals surface area contributed by atoms with Crippen molar-refractivity contribution in [1.82, 2.24) is 14.8 Å². The molecular formula is C13H13BrN4O3. The van der Waals surface area contributed by atoms with E-state index in [1.54, 1.807) is 6.20 Å². The van der Waals surface area contributed by atoms with Crippen LogP contribution in [0.25, 0.3) is 0 Å². The summed E-state index contributed by atoms with van der Waals surface area (Å²) in [6.45, 7) is 0.232. The normalized spacial score (nSPS) is 10.2. The van der Waals surface area contributed by atoms with Crippen LogP contribution in [0.3, 0.4) is 0 Å². The summed E-state index contributed by atoms with van der Waals surface area (Å²) in [7, 11) is 1.26. The standard InChI is InChI=1S/C13H13BrN4O3/c1-21-11(19)8-18-13(20)12(14)10(7-17-18)16-6-9-4-2-3-5-15-9/h2-5,7,16H,6,8H2,1H3. The van der Waals surface area contributed by atoms with E-state index in [4.69, 9.17) is 0 Å². The van der Waals surface area contributed by atoms with Crippen LogP contribution < -0.4 is 10.9 Å². The van der Waals surface area contributed by atoms with Crippen LogP contribution in [0.2, 0.25) is 0 Å². The smallest absolute Gasteiger partial charge is 0.327 e. The largest absolute Gasteiger partial charge is 0.468 e. The van der Waals surface area contributed by atoms with Gasteiger partial charge in [-0.3, -0.25) is 14.6 Å². The summed E-state index contributed by atoms with van der Waals surface area (Å²) in [5.41, 5.74) is 0.960. The summed E-state index contributed by atoms with van der Waals surface area (Å²) in [6, 6.07) is 5.58. The zero-order valence-electron chi connectivity index (χ0n) is 11.2. The number of ether oxygens (including phenoxy) is 1. The Bertz CT molecular complexity index is 688. The lowest BCUT2D eigenvalue weighted by Crippen LogP contribution is -2.28. The number of esters is 1. The molecule has 0 atom stereocenters. The fourth-order valence-corrected chi connectivity index (χ4v) is 2.02. The van der Waals surface area contributed by atoms with Crippen molar-refractivity contribution < 1.29 is 9.53 Å². The third-order valence-electron chi connectivity index (χ3n) is 2.68. The van der Waals surface area contributed by atoms with Crippen LogP contribution in [0, 0.1) is 0 Å². The molecule has 0 radical (unpaired) electrons. The maximum Gasteiger partial charge on any atom is 0.327 e. The van der Waals surface area contributed by atoms with E-state index < -0.39 is 11.5 Å². The third kappa shape index (κ3) is 3.88. The van der Waals surface area contributed by atoms with Gasteiger partial charge in [0.25, 0.3) is 5.56 Å². The van der Waals surface area contributed by atoms with Crippen molar-refractivity contribution >= 4 is 27.6 Å². The van der Waals surface area contributed by atoms with Crippen LogP contribution >= 0.6 is 15.9 Å². The molecule has 0 saturated carbocycles. The van der Waals surface area contributed by atoms with Crippen LogP contribution in [0.4, 0.5) is 5.69 Å². The molecule has 0 saturated heterocycles. The van der Waals surface area contributed by atoms with Gasteiger partial charge in [0.05, 0.1) is 31.2 Å². The van der Waals surface area contributed by atoms with Crippen molar-refractivity contribution in [3.05, 3.63) is 51.1 Å². The Kier molecular flexibility index (Phi) is 5.04. The summed E-state index contributed by atoms with van der Waals surface area (Å²) >= 11 is 3.21. The first kappa shape index (κ1) is 15.2. The molecule has 0 fully saturated rings. The minimum Gasteiger partial charge on any atom is -0.468 e. The molecule has 0 amide bonds. The second kappa shape index (κ2) is 6.98. The number of pyridine rings is 1. The number of nitrogens with one attached hydrogen (secondary N) is 1. The molecule has 110 valence electrons. The van der Waals surface area contributed by atoms with E-state index in [0.717, 1.165) is 10.4 Å². The first-order valence-corrected chi connectivity index (χ1v) is 6.87. The van der Waals surface area contributed by atoms with Gasteiger partial charge in [-0.05, 0) is 28.1 Å². The highest BCUT2D eigenvalue weighted by atomic mass is 79.9. The van der Waals surface area contributed by atoms with Gasteiger partial charge in [-0.2, -0.15) is 5.10 Å². The molecule has 0 aliphatic carbocycles. The number of halogens is 1. The van der Waals surface area contributed by atoms with Crippen molar-refractivity contribution in [1.29, 1.82) is 0 Å². The van der Waals surface area contributed by atoms with E-state index in [2.05, 4.69) is 36.1 Å². The van der Waals surface area contributed by atoms with Gasteiger partial charge < -0.3 is 10.1 Å². The first-order chi connectivity index (χ1) is 10.1. The molecule has 0 aliphatic rings. The summed E-state index contributed by atoms with van der Waals surface area (Å²) < 4.78 is 5.84.